The van der Waals surface area contributed by atoms with Crippen LogP contribution in [0.25, 0.3) is 0 Å². The Bertz CT molecular complexity index is 572. The van der Waals surface area contributed by atoms with Crippen LogP contribution in [0.1, 0.15) is 32.3 Å². The number of nitrogens with one attached hydrogen (secondary N) is 1. The van der Waals surface area contributed by atoms with Crippen LogP contribution in [0.2, 0.25) is 0 Å². The fraction of sp³-hybridized carbons (Fsp3) is 0.600. The normalized spacial score (nSPS) is 23.9. The third-order valence-electron chi connectivity index (χ3n) is 4.08. The van der Waals surface area contributed by atoms with Gasteiger partial charge in [-0.3, -0.25) is 0 Å². The highest BCUT2D eigenvalue weighted by atomic mass is 79.9. The number of sulfonamides is 1. The lowest BCUT2D eigenvalue weighted by Crippen LogP contribution is -2.42. The monoisotopic (exact) mass is 374 g/mol. The number of halogens is 1. The van der Waals surface area contributed by atoms with Gasteiger partial charge in [-0.15, -0.1) is 0 Å². The molecule has 1 N–H and O–H groups in total. The van der Waals surface area contributed by atoms with E-state index in [1.165, 1.54) is 5.56 Å². The van der Waals surface area contributed by atoms with Crippen molar-refractivity contribution in [3.8, 4) is 0 Å². The van der Waals surface area contributed by atoms with Crippen molar-refractivity contribution in [3.63, 3.8) is 0 Å². The standard InChI is InChI=1S/C15H23BrN2O2S/c1-4-18-9-14(12-5-7-13(16)8-6-12)15(10-18)17-21(19,20)11(2)3/h5-8,11,14-15,17H,4,9-10H2,1-3H3/t14-,15+/m1/s1. The summed E-state index contributed by atoms with van der Waals surface area (Å²) in [6.45, 7) is 8.13. The molecule has 0 amide bonds. The van der Waals surface area contributed by atoms with Crippen LogP contribution in [0, 0.1) is 0 Å². The zero-order valence-electron chi connectivity index (χ0n) is 12.7. The molecule has 0 radical (unpaired) electrons. The van der Waals surface area contributed by atoms with Gasteiger partial charge < -0.3 is 4.90 Å². The summed E-state index contributed by atoms with van der Waals surface area (Å²) in [5.41, 5.74) is 1.19. The third-order valence-corrected chi connectivity index (χ3v) is 6.48. The second-order valence-electron chi connectivity index (χ2n) is 5.83. The van der Waals surface area contributed by atoms with E-state index in [0.717, 1.165) is 24.1 Å². The second-order valence-corrected chi connectivity index (χ2v) is 9.01. The molecule has 118 valence electrons. The van der Waals surface area contributed by atoms with Gasteiger partial charge in [-0.05, 0) is 38.1 Å². The minimum Gasteiger partial charge on any atom is -0.301 e. The summed E-state index contributed by atoms with van der Waals surface area (Å²) in [5, 5.41) is -0.404. The smallest absolute Gasteiger partial charge is 0.214 e. The van der Waals surface area contributed by atoms with Crippen molar-refractivity contribution in [3.05, 3.63) is 34.3 Å². The van der Waals surface area contributed by atoms with Crippen molar-refractivity contribution < 1.29 is 8.42 Å². The van der Waals surface area contributed by atoms with Gasteiger partial charge in [0.15, 0.2) is 0 Å². The van der Waals surface area contributed by atoms with Crippen molar-refractivity contribution >= 4 is 26.0 Å². The molecule has 1 aromatic carbocycles. The van der Waals surface area contributed by atoms with Crippen molar-refractivity contribution in [2.45, 2.75) is 38.0 Å². The molecule has 1 saturated heterocycles. The lowest BCUT2D eigenvalue weighted by Gasteiger charge is -2.21. The molecule has 0 aliphatic carbocycles. The Morgan fingerprint density at radius 2 is 1.90 bits per heavy atom. The van der Waals surface area contributed by atoms with Crippen LogP contribution in [0.3, 0.4) is 0 Å². The van der Waals surface area contributed by atoms with Crippen LogP contribution in [0.5, 0.6) is 0 Å². The van der Waals surface area contributed by atoms with Crippen molar-refractivity contribution in [1.29, 1.82) is 0 Å². The van der Waals surface area contributed by atoms with E-state index in [-0.39, 0.29) is 12.0 Å². The summed E-state index contributed by atoms with van der Waals surface area (Å²) in [4.78, 5) is 2.29. The summed E-state index contributed by atoms with van der Waals surface area (Å²) >= 11 is 3.44. The zero-order valence-corrected chi connectivity index (χ0v) is 15.1. The molecule has 1 fully saturated rings. The molecule has 0 unspecified atom stereocenters. The van der Waals surface area contributed by atoms with Gasteiger partial charge in [-0.25, -0.2) is 13.1 Å². The first-order valence-corrected chi connectivity index (χ1v) is 9.66. The minimum atomic E-state index is -3.25. The molecule has 1 aliphatic rings. The van der Waals surface area contributed by atoms with Crippen LogP contribution < -0.4 is 4.72 Å². The number of hydrogen-bond acceptors (Lipinski definition) is 3. The number of rotatable bonds is 5. The van der Waals surface area contributed by atoms with Gasteiger partial charge in [0.2, 0.25) is 10.0 Å². The van der Waals surface area contributed by atoms with E-state index in [4.69, 9.17) is 0 Å². The van der Waals surface area contributed by atoms with Gasteiger partial charge in [-0.1, -0.05) is 35.0 Å². The maximum absolute atomic E-state index is 12.2. The average Bonchev–Trinajstić information content (AvgIpc) is 2.82. The van der Waals surface area contributed by atoms with E-state index in [1.54, 1.807) is 13.8 Å². The molecule has 4 nitrogen and oxygen atoms in total. The first-order chi connectivity index (χ1) is 9.83. The van der Waals surface area contributed by atoms with Gasteiger partial charge in [0.05, 0.1) is 5.25 Å². The van der Waals surface area contributed by atoms with Gasteiger partial charge in [0, 0.05) is 29.5 Å². The Morgan fingerprint density at radius 1 is 1.29 bits per heavy atom. The van der Waals surface area contributed by atoms with Crippen LogP contribution in [-0.2, 0) is 10.0 Å². The molecule has 0 aromatic heterocycles. The van der Waals surface area contributed by atoms with Crippen LogP contribution in [-0.4, -0.2) is 44.2 Å². The summed E-state index contributed by atoms with van der Waals surface area (Å²) < 4.78 is 28.3. The Hall–Kier alpha value is -0.430. The van der Waals surface area contributed by atoms with E-state index in [0.29, 0.717) is 0 Å². The molecular weight excluding hydrogens is 352 g/mol. The van der Waals surface area contributed by atoms with Gasteiger partial charge in [0.25, 0.3) is 0 Å². The van der Waals surface area contributed by atoms with Crippen LogP contribution in [0.15, 0.2) is 28.7 Å². The molecule has 0 saturated carbocycles. The molecule has 0 spiro atoms. The van der Waals surface area contributed by atoms with Crippen LogP contribution in [0.4, 0.5) is 0 Å². The Labute approximate surface area is 136 Å². The number of benzene rings is 1. The van der Waals surface area contributed by atoms with E-state index in [2.05, 4.69) is 44.6 Å². The predicted octanol–water partition coefficient (Wildman–Crippen LogP) is 2.56. The zero-order chi connectivity index (χ0) is 15.6. The summed E-state index contributed by atoms with van der Waals surface area (Å²) in [5.74, 6) is 0.201. The quantitative estimate of drug-likeness (QED) is 0.861. The van der Waals surface area contributed by atoms with Crippen molar-refractivity contribution in [2.24, 2.45) is 0 Å². The minimum absolute atomic E-state index is 0.0569. The third kappa shape index (κ3) is 4.06. The Morgan fingerprint density at radius 3 is 2.43 bits per heavy atom. The summed E-state index contributed by atoms with van der Waals surface area (Å²) in [7, 11) is -3.25. The molecule has 2 atom stereocenters. The van der Waals surface area contributed by atoms with Crippen molar-refractivity contribution in [1.82, 2.24) is 9.62 Å². The average molecular weight is 375 g/mol. The Balaban J connectivity index is 2.22. The predicted molar refractivity (Wildman–Crippen MR) is 90.0 cm³/mol. The molecule has 1 heterocycles. The molecular formula is C15H23BrN2O2S. The highest BCUT2D eigenvalue weighted by Crippen LogP contribution is 2.29. The van der Waals surface area contributed by atoms with E-state index >= 15 is 0 Å². The van der Waals surface area contributed by atoms with E-state index in [1.807, 2.05) is 12.1 Å². The van der Waals surface area contributed by atoms with E-state index < -0.39 is 15.3 Å². The van der Waals surface area contributed by atoms with Crippen LogP contribution >= 0.6 is 15.9 Å². The molecule has 1 aliphatic heterocycles. The first-order valence-electron chi connectivity index (χ1n) is 7.32. The maximum atomic E-state index is 12.2. The summed E-state index contributed by atoms with van der Waals surface area (Å²) in [6.07, 6.45) is 0. The lowest BCUT2D eigenvalue weighted by molar-refractivity contribution is 0.348. The fourth-order valence-corrected chi connectivity index (χ4v) is 3.86. The lowest BCUT2D eigenvalue weighted by atomic mass is 9.95. The van der Waals surface area contributed by atoms with Gasteiger partial charge >= 0.3 is 0 Å². The SMILES string of the molecule is CCN1C[C@H](NS(=O)(=O)C(C)C)[C@@H](c2ccc(Br)cc2)C1. The Kier molecular flexibility index (Phi) is 5.46. The van der Waals surface area contributed by atoms with Gasteiger partial charge in [0.1, 0.15) is 0 Å². The largest absolute Gasteiger partial charge is 0.301 e. The highest BCUT2D eigenvalue weighted by Gasteiger charge is 2.36. The fourth-order valence-electron chi connectivity index (χ4n) is 2.66. The highest BCUT2D eigenvalue weighted by molar-refractivity contribution is 9.10. The molecule has 2 rings (SSSR count). The second kappa shape index (κ2) is 6.77. The van der Waals surface area contributed by atoms with E-state index in [9.17, 15) is 8.42 Å². The first kappa shape index (κ1) is 16.9. The number of hydrogen-bond donors (Lipinski definition) is 1. The van der Waals surface area contributed by atoms with Gasteiger partial charge in [-0.2, -0.15) is 0 Å². The molecule has 0 bridgehead atoms. The molecule has 1 aromatic rings. The maximum Gasteiger partial charge on any atom is 0.214 e. The number of nitrogens with zero attached hydrogens (tertiary/aromatic N) is 1. The number of likely N-dealkylation sites (tertiary alicyclic amines) is 1. The molecule has 6 heteroatoms. The summed E-state index contributed by atoms with van der Waals surface area (Å²) in [6, 6.07) is 8.11. The number of likely N-dealkylation sites (N-methyl/N-ethyl adjacent to an activating group) is 1. The molecule has 21 heavy (non-hydrogen) atoms. The van der Waals surface area contributed by atoms with Crippen molar-refractivity contribution in [2.75, 3.05) is 19.6 Å². The topological polar surface area (TPSA) is 49.4 Å².